The van der Waals surface area contributed by atoms with Crippen molar-refractivity contribution in [3.05, 3.63) is 84.4 Å². The number of carbonyl (C=O) groups excluding carboxylic acids is 1. The molecule has 5 heteroatoms. The Bertz CT molecular complexity index is 913. The van der Waals surface area contributed by atoms with Gasteiger partial charge in [0, 0.05) is 10.6 Å². The van der Waals surface area contributed by atoms with Gasteiger partial charge in [-0.15, -0.1) is 0 Å². The average Bonchev–Trinajstić information content (AvgIpc) is 3.07. The molecule has 1 unspecified atom stereocenters. The maximum absolute atomic E-state index is 11.8. The van der Waals surface area contributed by atoms with Crippen molar-refractivity contribution in [1.29, 1.82) is 0 Å². The normalized spacial score (nSPS) is 15.6. The summed E-state index contributed by atoms with van der Waals surface area (Å²) in [6.07, 6.45) is 0.195. The number of anilines is 1. The Kier molecular flexibility index (Phi) is 4.65. The third-order valence-electron chi connectivity index (χ3n) is 4.49. The predicted octanol–water partition coefficient (Wildman–Crippen LogP) is 4.82. The zero-order chi connectivity index (χ0) is 17.9. The van der Waals surface area contributed by atoms with E-state index in [2.05, 4.69) is 46.8 Å². The van der Waals surface area contributed by atoms with Crippen molar-refractivity contribution in [1.82, 2.24) is 5.48 Å². The van der Waals surface area contributed by atoms with E-state index in [1.807, 2.05) is 36.4 Å². The molecule has 0 fully saturated rings. The Morgan fingerprint density at radius 3 is 2.31 bits per heavy atom. The molecular formula is C21H18N2O2S. The third kappa shape index (κ3) is 3.19. The van der Waals surface area contributed by atoms with Gasteiger partial charge in [-0.2, -0.15) is 0 Å². The minimum Gasteiger partial charge on any atom is -0.304 e. The molecule has 3 aromatic rings. The molecule has 1 aliphatic heterocycles. The van der Waals surface area contributed by atoms with Gasteiger partial charge in [-0.05, 0) is 46.8 Å². The molecule has 4 nitrogen and oxygen atoms in total. The van der Waals surface area contributed by atoms with Gasteiger partial charge >= 0.3 is 0 Å². The van der Waals surface area contributed by atoms with Crippen molar-refractivity contribution in [3.63, 3.8) is 0 Å². The van der Waals surface area contributed by atoms with E-state index in [-0.39, 0.29) is 12.5 Å². The van der Waals surface area contributed by atoms with Gasteiger partial charge in [0.05, 0.1) is 12.5 Å². The standard InChI is InChI=1S/C21H18N2O2S/c24-21(22-25)14-19-18-8-4-5-9-20(18)26-23(19)17-12-10-16(11-13-17)15-6-2-1-3-7-15/h1-13,19,25H,14H2,(H,22,24). The highest BCUT2D eigenvalue weighted by atomic mass is 32.2. The van der Waals surface area contributed by atoms with Crippen LogP contribution in [0.15, 0.2) is 83.8 Å². The monoisotopic (exact) mass is 362 g/mol. The molecule has 130 valence electrons. The number of hydrogen-bond acceptors (Lipinski definition) is 4. The Hall–Kier alpha value is -2.76. The molecule has 1 heterocycles. The average molecular weight is 362 g/mol. The molecule has 0 saturated heterocycles. The van der Waals surface area contributed by atoms with Gasteiger partial charge in [0.25, 0.3) is 0 Å². The Morgan fingerprint density at radius 2 is 1.58 bits per heavy atom. The predicted molar refractivity (Wildman–Crippen MR) is 104 cm³/mol. The first kappa shape index (κ1) is 16.7. The Balaban J connectivity index is 1.64. The third-order valence-corrected chi connectivity index (χ3v) is 5.72. The largest absolute Gasteiger partial charge is 0.304 e. The maximum Gasteiger partial charge on any atom is 0.245 e. The highest BCUT2D eigenvalue weighted by Gasteiger charge is 2.33. The van der Waals surface area contributed by atoms with Gasteiger partial charge in [-0.3, -0.25) is 10.0 Å². The molecule has 4 rings (SSSR count). The first-order valence-corrected chi connectivity index (χ1v) is 9.18. The second-order valence-electron chi connectivity index (χ2n) is 6.12. The van der Waals surface area contributed by atoms with Crippen molar-refractivity contribution in [2.45, 2.75) is 17.4 Å². The van der Waals surface area contributed by atoms with Crippen LogP contribution in [-0.4, -0.2) is 11.1 Å². The fourth-order valence-electron chi connectivity index (χ4n) is 3.21. The number of nitrogens with zero attached hydrogens (tertiary/aromatic N) is 1. The Labute approximate surface area is 156 Å². The molecule has 26 heavy (non-hydrogen) atoms. The van der Waals surface area contributed by atoms with Crippen LogP contribution in [-0.2, 0) is 4.79 Å². The smallest absolute Gasteiger partial charge is 0.245 e. The molecule has 2 N–H and O–H groups in total. The molecule has 0 spiro atoms. The van der Waals surface area contributed by atoms with Gasteiger partial charge < -0.3 is 4.31 Å². The minimum atomic E-state index is -0.391. The quantitative estimate of drug-likeness (QED) is 0.397. The first-order chi connectivity index (χ1) is 12.8. The summed E-state index contributed by atoms with van der Waals surface area (Å²) in [6.45, 7) is 0. The Morgan fingerprint density at radius 1 is 0.923 bits per heavy atom. The van der Waals surface area contributed by atoms with Crippen molar-refractivity contribution >= 4 is 23.5 Å². The number of rotatable bonds is 4. The molecule has 1 atom stereocenters. The fraction of sp³-hybridized carbons (Fsp3) is 0.0952. The van der Waals surface area contributed by atoms with Crippen LogP contribution in [0.5, 0.6) is 0 Å². The second-order valence-corrected chi connectivity index (χ2v) is 7.14. The first-order valence-electron chi connectivity index (χ1n) is 8.41. The van der Waals surface area contributed by atoms with Crippen LogP contribution in [0, 0.1) is 0 Å². The van der Waals surface area contributed by atoms with E-state index in [1.165, 1.54) is 5.56 Å². The van der Waals surface area contributed by atoms with Crippen LogP contribution in [0.25, 0.3) is 11.1 Å². The molecule has 0 bridgehead atoms. The van der Waals surface area contributed by atoms with Crippen molar-refractivity contribution in [2.24, 2.45) is 0 Å². The van der Waals surface area contributed by atoms with Crippen LogP contribution < -0.4 is 9.79 Å². The van der Waals surface area contributed by atoms with Gasteiger partial charge in [0.1, 0.15) is 0 Å². The van der Waals surface area contributed by atoms with Gasteiger partial charge in [0.15, 0.2) is 0 Å². The summed E-state index contributed by atoms with van der Waals surface area (Å²) in [5, 5.41) is 8.94. The summed E-state index contributed by atoms with van der Waals surface area (Å²) < 4.78 is 2.13. The maximum atomic E-state index is 11.8. The lowest BCUT2D eigenvalue weighted by Gasteiger charge is -2.25. The summed E-state index contributed by atoms with van der Waals surface area (Å²) in [5.74, 6) is -0.391. The topological polar surface area (TPSA) is 52.6 Å². The van der Waals surface area contributed by atoms with E-state index in [0.717, 1.165) is 21.7 Å². The van der Waals surface area contributed by atoms with Crippen LogP contribution in [0.4, 0.5) is 5.69 Å². The number of fused-ring (bicyclic) bond motifs is 1. The summed E-state index contributed by atoms with van der Waals surface area (Å²) in [5.41, 5.74) is 6.21. The molecule has 0 aromatic heterocycles. The molecule has 0 saturated carbocycles. The number of carbonyl (C=O) groups is 1. The molecule has 0 aliphatic carbocycles. The van der Waals surface area contributed by atoms with Crippen LogP contribution in [0.3, 0.4) is 0 Å². The second kappa shape index (κ2) is 7.23. The zero-order valence-corrected chi connectivity index (χ0v) is 14.8. The number of nitrogens with one attached hydrogen (secondary N) is 1. The molecule has 1 aliphatic rings. The molecule has 3 aromatic carbocycles. The number of hydroxylamine groups is 1. The lowest BCUT2D eigenvalue weighted by molar-refractivity contribution is -0.129. The van der Waals surface area contributed by atoms with Gasteiger partial charge in [0.2, 0.25) is 5.91 Å². The highest BCUT2D eigenvalue weighted by Crippen LogP contribution is 2.48. The SMILES string of the molecule is O=C(CC1c2ccccc2SN1c1ccc(-c2ccccc2)cc1)NO. The van der Waals surface area contributed by atoms with Crippen LogP contribution in [0.2, 0.25) is 0 Å². The molecule has 1 amide bonds. The number of hydrogen-bond donors (Lipinski definition) is 2. The van der Waals surface area contributed by atoms with Gasteiger partial charge in [-0.25, -0.2) is 5.48 Å². The van der Waals surface area contributed by atoms with E-state index in [4.69, 9.17) is 5.21 Å². The van der Waals surface area contributed by atoms with E-state index < -0.39 is 5.91 Å². The minimum absolute atomic E-state index is 0.120. The van der Waals surface area contributed by atoms with E-state index in [1.54, 1.807) is 17.4 Å². The van der Waals surface area contributed by atoms with E-state index in [0.29, 0.717) is 0 Å². The van der Waals surface area contributed by atoms with Crippen molar-refractivity contribution in [3.8, 4) is 11.1 Å². The number of benzene rings is 3. The molecule has 0 radical (unpaired) electrons. The van der Waals surface area contributed by atoms with Crippen molar-refractivity contribution < 1.29 is 10.0 Å². The summed E-state index contributed by atoms with van der Waals surface area (Å²) in [7, 11) is 0. The number of amides is 1. The summed E-state index contributed by atoms with van der Waals surface area (Å²) in [6, 6.07) is 26.5. The fourth-order valence-corrected chi connectivity index (χ4v) is 4.42. The van der Waals surface area contributed by atoms with Crippen LogP contribution in [0.1, 0.15) is 18.0 Å². The zero-order valence-electron chi connectivity index (χ0n) is 14.0. The molecular weight excluding hydrogens is 344 g/mol. The highest BCUT2D eigenvalue weighted by molar-refractivity contribution is 8.01. The lowest BCUT2D eigenvalue weighted by atomic mass is 10.0. The van der Waals surface area contributed by atoms with E-state index in [9.17, 15) is 4.79 Å². The lowest BCUT2D eigenvalue weighted by Crippen LogP contribution is -2.26. The van der Waals surface area contributed by atoms with Crippen molar-refractivity contribution in [2.75, 3.05) is 4.31 Å². The summed E-state index contributed by atoms with van der Waals surface area (Å²) in [4.78, 5) is 12.9. The van der Waals surface area contributed by atoms with E-state index >= 15 is 0 Å². The van der Waals surface area contributed by atoms with Crippen LogP contribution >= 0.6 is 11.9 Å². The summed E-state index contributed by atoms with van der Waals surface area (Å²) >= 11 is 1.62. The van der Waals surface area contributed by atoms with Gasteiger partial charge in [-0.1, -0.05) is 60.7 Å².